The number of hydrogen-bond acceptors (Lipinski definition) is 5. The Kier molecular flexibility index (Phi) is 4.23. The molecule has 0 aliphatic carbocycles. The van der Waals surface area contributed by atoms with Crippen LogP contribution in [0.3, 0.4) is 0 Å². The number of rotatable bonds is 4. The van der Waals surface area contributed by atoms with Crippen molar-refractivity contribution in [2.75, 3.05) is 13.4 Å². The van der Waals surface area contributed by atoms with Crippen LogP contribution in [0.4, 0.5) is 0 Å². The van der Waals surface area contributed by atoms with Crippen molar-refractivity contribution in [1.29, 1.82) is 0 Å². The van der Waals surface area contributed by atoms with Crippen LogP contribution in [0.25, 0.3) is 17.1 Å². The summed E-state index contributed by atoms with van der Waals surface area (Å²) < 4.78 is 30.8. The molecule has 0 saturated carbocycles. The Morgan fingerprint density at radius 2 is 1.86 bits per heavy atom. The molecule has 1 N–H and O–H groups in total. The zero-order valence-corrected chi connectivity index (χ0v) is 16.2. The molecule has 4 rings (SSSR count). The molecule has 0 amide bonds. The van der Waals surface area contributed by atoms with Crippen LogP contribution in [0, 0.1) is 0 Å². The van der Waals surface area contributed by atoms with Gasteiger partial charge in [0.1, 0.15) is 11.6 Å². The summed E-state index contributed by atoms with van der Waals surface area (Å²) in [7, 11) is -1.75. The van der Waals surface area contributed by atoms with Crippen LogP contribution in [0.15, 0.2) is 47.4 Å². The van der Waals surface area contributed by atoms with E-state index < -0.39 is 15.8 Å². The van der Waals surface area contributed by atoms with Gasteiger partial charge in [-0.25, -0.2) is 18.2 Å². The highest BCUT2D eigenvalue weighted by Gasteiger charge is 2.28. The van der Waals surface area contributed by atoms with Gasteiger partial charge in [-0.15, -0.1) is 0 Å². The first kappa shape index (κ1) is 18.2. The SMILES string of the molecule is COc1ccc(-c2nc(C(=O)O)c3n2-c2ccc(S(C)(=O)=O)cc2CC3)cc1. The molecule has 8 heteroatoms. The van der Waals surface area contributed by atoms with Crippen molar-refractivity contribution in [2.45, 2.75) is 17.7 Å². The number of carbonyl (C=O) groups is 1. The maximum absolute atomic E-state index is 11.9. The van der Waals surface area contributed by atoms with Crippen LogP contribution in [0.1, 0.15) is 21.7 Å². The Morgan fingerprint density at radius 3 is 2.46 bits per heavy atom. The van der Waals surface area contributed by atoms with Gasteiger partial charge in [0.25, 0.3) is 0 Å². The highest BCUT2D eigenvalue weighted by atomic mass is 32.2. The molecule has 2 heterocycles. The molecular weight excluding hydrogens is 380 g/mol. The first-order valence-corrected chi connectivity index (χ1v) is 10.5. The number of aromatic nitrogens is 2. The third kappa shape index (κ3) is 2.95. The van der Waals surface area contributed by atoms with E-state index in [1.54, 1.807) is 37.4 Å². The number of carboxylic acid groups (broad SMARTS) is 1. The van der Waals surface area contributed by atoms with Gasteiger partial charge in [0.15, 0.2) is 15.5 Å². The molecule has 2 aromatic carbocycles. The standard InChI is InChI=1S/C20H18N2O5S/c1-27-14-6-3-12(4-7-14)19-21-18(20(23)24)17-9-5-13-11-15(28(2,25)26)8-10-16(13)22(17)19/h3-4,6-8,10-11H,5,9H2,1-2H3,(H,23,24). The van der Waals surface area contributed by atoms with Gasteiger partial charge in [-0.2, -0.15) is 0 Å². The van der Waals surface area contributed by atoms with Crippen LogP contribution in [0.2, 0.25) is 0 Å². The zero-order valence-electron chi connectivity index (χ0n) is 15.3. The van der Waals surface area contributed by atoms with Crippen LogP contribution >= 0.6 is 0 Å². The molecule has 1 aliphatic rings. The number of benzene rings is 2. The van der Waals surface area contributed by atoms with E-state index in [0.717, 1.165) is 16.8 Å². The molecule has 28 heavy (non-hydrogen) atoms. The number of hydrogen-bond donors (Lipinski definition) is 1. The summed E-state index contributed by atoms with van der Waals surface area (Å²) in [5.74, 6) is 0.105. The summed E-state index contributed by atoms with van der Waals surface area (Å²) in [5, 5.41) is 9.61. The Hall–Kier alpha value is -3.13. The summed E-state index contributed by atoms with van der Waals surface area (Å²) in [6.45, 7) is 0. The third-order valence-electron chi connectivity index (χ3n) is 4.87. The minimum absolute atomic E-state index is 0.0173. The zero-order chi connectivity index (χ0) is 20.1. The summed E-state index contributed by atoms with van der Waals surface area (Å²) in [6, 6.07) is 12.1. The minimum atomic E-state index is -3.32. The smallest absolute Gasteiger partial charge is 0.356 e. The molecule has 3 aromatic rings. The molecular formula is C20H18N2O5S. The lowest BCUT2D eigenvalue weighted by atomic mass is 10.00. The number of imidazole rings is 1. The Bertz CT molecular complexity index is 1190. The fourth-order valence-electron chi connectivity index (χ4n) is 3.51. The van der Waals surface area contributed by atoms with Gasteiger partial charge in [0, 0.05) is 11.8 Å². The number of sulfone groups is 1. The van der Waals surface area contributed by atoms with Crippen LogP contribution < -0.4 is 4.74 Å². The average Bonchev–Trinajstić information content (AvgIpc) is 3.07. The Labute approximate surface area is 162 Å². The molecule has 0 bridgehead atoms. The van der Waals surface area contributed by atoms with Gasteiger partial charge in [0.05, 0.1) is 23.4 Å². The van der Waals surface area contributed by atoms with Crippen molar-refractivity contribution in [2.24, 2.45) is 0 Å². The van der Waals surface area contributed by atoms with Crippen molar-refractivity contribution < 1.29 is 23.1 Å². The summed E-state index contributed by atoms with van der Waals surface area (Å²) in [4.78, 5) is 16.4. The van der Waals surface area contributed by atoms with Crippen molar-refractivity contribution in [3.63, 3.8) is 0 Å². The summed E-state index contributed by atoms with van der Waals surface area (Å²) in [5.41, 5.74) is 2.97. The molecule has 0 saturated heterocycles. The fraction of sp³-hybridized carbons (Fsp3) is 0.200. The third-order valence-corrected chi connectivity index (χ3v) is 5.98. The van der Waals surface area contributed by atoms with Crippen molar-refractivity contribution in [1.82, 2.24) is 9.55 Å². The molecule has 7 nitrogen and oxygen atoms in total. The Balaban J connectivity index is 1.95. The number of fused-ring (bicyclic) bond motifs is 3. The lowest BCUT2D eigenvalue weighted by Crippen LogP contribution is -2.15. The average molecular weight is 398 g/mol. The molecule has 0 unspecified atom stereocenters. The van der Waals surface area contributed by atoms with Gasteiger partial charge < -0.3 is 9.84 Å². The van der Waals surface area contributed by atoms with Gasteiger partial charge >= 0.3 is 5.97 Å². The van der Waals surface area contributed by atoms with Crippen LogP contribution in [0.5, 0.6) is 5.75 Å². The number of aryl methyl sites for hydroxylation is 1. The van der Waals surface area contributed by atoms with Gasteiger partial charge in [-0.3, -0.25) is 4.57 Å². The lowest BCUT2D eigenvalue weighted by Gasteiger charge is -2.22. The molecule has 144 valence electrons. The van der Waals surface area contributed by atoms with E-state index in [4.69, 9.17) is 4.74 Å². The van der Waals surface area contributed by atoms with Crippen molar-refractivity contribution in [3.05, 3.63) is 59.4 Å². The number of nitrogens with zero attached hydrogens (tertiary/aromatic N) is 2. The first-order chi connectivity index (χ1) is 13.3. The van der Waals surface area contributed by atoms with E-state index in [2.05, 4.69) is 4.98 Å². The number of aromatic carboxylic acids is 1. The van der Waals surface area contributed by atoms with Crippen LogP contribution in [-0.2, 0) is 22.7 Å². The summed E-state index contributed by atoms with van der Waals surface area (Å²) in [6.07, 6.45) is 2.18. The molecule has 0 atom stereocenters. The fourth-order valence-corrected chi connectivity index (χ4v) is 4.18. The van der Waals surface area contributed by atoms with E-state index in [1.165, 1.54) is 6.26 Å². The number of carboxylic acids is 1. The van der Waals surface area contributed by atoms with E-state index >= 15 is 0 Å². The van der Waals surface area contributed by atoms with E-state index in [9.17, 15) is 18.3 Å². The predicted octanol–water partition coefficient (Wildman–Crippen LogP) is 2.75. The molecule has 1 aromatic heterocycles. The maximum Gasteiger partial charge on any atom is 0.356 e. The number of ether oxygens (including phenoxy) is 1. The second-order valence-corrected chi connectivity index (χ2v) is 8.68. The lowest BCUT2D eigenvalue weighted by molar-refractivity contribution is 0.0689. The monoisotopic (exact) mass is 398 g/mol. The second-order valence-electron chi connectivity index (χ2n) is 6.66. The number of methoxy groups -OCH3 is 1. The topological polar surface area (TPSA) is 98.5 Å². The molecule has 0 spiro atoms. The highest BCUT2D eigenvalue weighted by Crippen LogP contribution is 2.34. The Morgan fingerprint density at radius 1 is 1.14 bits per heavy atom. The quantitative estimate of drug-likeness (QED) is 0.726. The van der Waals surface area contributed by atoms with Crippen LogP contribution in [-0.4, -0.2) is 42.4 Å². The van der Waals surface area contributed by atoms with E-state index in [-0.39, 0.29) is 10.6 Å². The van der Waals surface area contributed by atoms with E-state index in [1.807, 2.05) is 16.7 Å². The molecule has 0 radical (unpaired) electrons. The van der Waals surface area contributed by atoms with Crippen molar-refractivity contribution in [3.8, 4) is 22.8 Å². The highest BCUT2D eigenvalue weighted by molar-refractivity contribution is 7.90. The predicted molar refractivity (Wildman–Crippen MR) is 103 cm³/mol. The molecule has 0 fully saturated rings. The molecule has 1 aliphatic heterocycles. The van der Waals surface area contributed by atoms with Gasteiger partial charge in [0.2, 0.25) is 0 Å². The summed E-state index contributed by atoms with van der Waals surface area (Å²) >= 11 is 0. The van der Waals surface area contributed by atoms with Gasteiger partial charge in [-0.05, 0) is 60.9 Å². The van der Waals surface area contributed by atoms with E-state index in [0.29, 0.717) is 30.1 Å². The largest absolute Gasteiger partial charge is 0.497 e. The minimum Gasteiger partial charge on any atom is -0.497 e. The normalized spacial score (nSPS) is 12.9. The van der Waals surface area contributed by atoms with Crippen molar-refractivity contribution >= 4 is 15.8 Å². The second kappa shape index (κ2) is 6.49. The van der Waals surface area contributed by atoms with Gasteiger partial charge in [-0.1, -0.05) is 0 Å². The maximum atomic E-state index is 11.9. The first-order valence-electron chi connectivity index (χ1n) is 8.62.